The van der Waals surface area contributed by atoms with Crippen molar-refractivity contribution in [1.29, 1.82) is 0 Å². The van der Waals surface area contributed by atoms with Gasteiger partial charge in [-0.1, -0.05) is 0 Å². The van der Waals surface area contributed by atoms with Crippen LogP contribution in [0.25, 0.3) is 0 Å². The minimum Gasteiger partial charge on any atom is -0.492 e. The smallest absolute Gasteiger partial charge is 0.257 e. The van der Waals surface area contributed by atoms with Gasteiger partial charge in [-0.25, -0.2) is 14.4 Å². The van der Waals surface area contributed by atoms with Crippen molar-refractivity contribution in [3.63, 3.8) is 0 Å². The lowest BCUT2D eigenvalue weighted by molar-refractivity contribution is 0.0722. The monoisotopic (exact) mass is 426 g/mol. The van der Waals surface area contributed by atoms with E-state index in [9.17, 15) is 9.18 Å². The minimum atomic E-state index is -0.259. The largest absolute Gasteiger partial charge is 0.492 e. The summed E-state index contributed by atoms with van der Waals surface area (Å²) in [4.78, 5) is 26.4. The Bertz CT molecular complexity index is 884. The van der Waals surface area contributed by atoms with Gasteiger partial charge in [0.25, 0.3) is 5.91 Å². The number of hydrogen-bond acceptors (Lipinski definition) is 5. The number of aromatic nitrogens is 2. The van der Waals surface area contributed by atoms with Gasteiger partial charge >= 0.3 is 0 Å². The van der Waals surface area contributed by atoms with Crippen molar-refractivity contribution in [3.8, 4) is 5.75 Å². The predicted octanol–water partition coefficient (Wildman–Crippen LogP) is 3.81. The van der Waals surface area contributed by atoms with Gasteiger partial charge in [-0.3, -0.25) is 9.69 Å². The third kappa shape index (κ3) is 5.58. The van der Waals surface area contributed by atoms with E-state index in [0.29, 0.717) is 17.9 Å². The first-order chi connectivity index (χ1) is 15.1. The highest BCUT2D eigenvalue weighted by atomic mass is 19.1. The first kappa shape index (κ1) is 21.7. The summed E-state index contributed by atoms with van der Waals surface area (Å²) in [6, 6.07) is 6.12. The number of piperidine rings is 2. The molecule has 166 valence electrons. The zero-order valence-corrected chi connectivity index (χ0v) is 18.2. The van der Waals surface area contributed by atoms with Gasteiger partial charge in [-0.05, 0) is 69.8 Å². The van der Waals surface area contributed by atoms with Gasteiger partial charge < -0.3 is 9.64 Å². The summed E-state index contributed by atoms with van der Waals surface area (Å²) in [7, 11) is 0. The fraction of sp³-hybridized carbons (Fsp3) is 0.542. The maximum absolute atomic E-state index is 13.0. The van der Waals surface area contributed by atoms with Crippen LogP contribution in [0.1, 0.15) is 59.9 Å². The van der Waals surface area contributed by atoms with Crippen LogP contribution in [-0.4, -0.2) is 65.0 Å². The Kier molecular flexibility index (Phi) is 7.12. The zero-order chi connectivity index (χ0) is 21.6. The number of halogens is 1. The lowest BCUT2D eigenvalue weighted by Gasteiger charge is -2.32. The molecule has 0 spiro atoms. The van der Waals surface area contributed by atoms with E-state index in [4.69, 9.17) is 9.72 Å². The Hall–Kier alpha value is -2.54. The van der Waals surface area contributed by atoms with Gasteiger partial charge in [0.15, 0.2) is 0 Å². The number of aryl methyl sites for hydroxylation is 1. The van der Waals surface area contributed by atoms with Crippen molar-refractivity contribution in [3.05, 3.63) is 53.4 Å². The normalized spacial score (nSPS) is 19.9. The van der Waals surface area contributed by atoms with Gasteiger partial charge in [0.05, 0.1) is 11.3 Å². The van der Waals surface area contributed by atoms with E-state index < -0.39 is 0 Å². The van der Waals surface area contributed by atoms with E-state index in [-0.39, 0.29) is 17.6 Å². The average Bonchev–Trinajstić information content (AvgIpc) is 2.81. The first-order valence-electron chi connectivity index (χ1n) is 11.3. The number of hydrogen-bond donors (Lipinski definition) is 0. The van der Waals surface area contributed by atoms with Crippen LogP contribution in [0.3, 0.4) is 0 Å². The molecule has 7 heteroatoms. The fourth-order valence-electron chi connectivity index (χ4n) is 4.45. The zero-order valence-electron chi connectivity index (χ0n) is 18.2. The van der Waals surface area contributed by atoms with Crippen molar-refractivity contribution in [2.45, 2.75) is 44.9 Å². The Morgan fingerprint density at radius 3 is 2.65 bits per heavy atom. The fourth-order valence-corrected chi connectivity index (χ4v) is 4.45. The third-order valence-corrected chi connectivity index (χ3v) is 6.23. The Morgan fingerprint density at radius 2 is 1.90 bits per heavy atom. The third-order valence-electron chi connectivity index (χ3n) is 6.23. The quantitative estimate of drug-likeness (QED) is 0.703. The van der Waals surface area contributed by atoms with E-state index >= 15 is 0 Å². The number of benzene rings is 1. The second-order valence-corrected chi connectivity index (χ2v) is 8.52. The summed E-state index contributed by atoms with van der Waals surface area (Å²) in [5.41, 5.74) is 1.41. The average molecular weight is 427 g/mol. The highest BCUT2D eigenvalue weighted by Gasteiger charge is 2.26. The molecule has 0 radical (unpaired) electrons. The number of carbonyl (C=O) groups excluding carboxylic acids is 1. The number of ether oxygens (including phenoxy) is 1. The van der Waals surface area contributed by atoms with Crippen LogP contribution in [0.5, 0.6) is 5.75 Å². The van der Waals surface area contributed by atoms with E-state index in [1.807, 2.05) is 11.8 Å². The molecule has 1 amide bonds. The topological polar surface area (TPSA) is 58.6 Å². The second kappa shape index (κ2) is 10.2. The summed E-state index contributed by atoms with van der Waals surface area (Å²) in [6.07, 6.45) is 7.21. The standard InChI is InChI=1S/C24H31FN4O2/c1-18-22(24(30)29-12-3-2-4-13-29)16-26-23(27-18)19-6-5-11-28(17-19)14-15-31-21-9-7-20(25)8-10-21/h7-10,16,19H,2-6,11-15,17H2,1H3/t19-/m1/s1. The second-order valence-electron chi connectivity index (χ2n) is 8.52. The van der Waals surface area contributed by atoms with Crippen molar-refractivity contribution in [2.24, 2.45) is 0 Å². The highest BCUT2D eigenvalue weighted by Crippen LogP contribution is 2.25. The number of amides is 1. The van der Waals surface area contributed by atoms with Crippen LogP contribution in [0, 0.1) is 12.7 Å². The molecule has 31 heavy (non-hydrogen) atoms. The summed E-state index contributed by atoms with van der Waals surface area (Å²) in [5, 5.41) is 0. The molecule has 0 aliphatic carbocycles. The molecule has 0 bridgehead atoms. The molecule has 2 saturated heterocycles. The molecule has 1 aromatic carbocycles. The van der Waals surface area contributed by atoms with Crippen LogP contribution in [0.4, 0.5) is 4.39 Å². The van der Waals surface area contributed by atoms with Crippen LogP contribution in [-0.2, 0) is 0 Å². The first-order valence-corrected chi connectivity index (χ1v) is 11.3. The molecule has 0 unspecified atom stereocenters. The van der Waals surface area contributed by atoms with Crippen molar-refractivity contribution in [1.82, 2.24) is 19.8 Å². The molecule has 0 N–H and O–H groups in total. The Balaban J connectivity index is 1.32. The number of carbonyl (C=O) groups is 1. The predicted molar refractivity (Wildman–Crippen MR) is 117 cm³/mol. The molecule has 1 aromatic heterocycles. The molecule has 0 saturated carbocycles. The van der Waals surface area contributed by atoms with Crippen molar-refractivity contribution in [2.75, 3.05) is 39.3 Å². The van der Waals surface area contributed by atoms with Crippen LogP contribution in [0.15, 0.2) is 30.5 Å². The molecule has 2 fully saturated rings. The lowest BCUT2D eigenvalue weighted by Crippen LogP contribution is -2.38. The summed E-state index contributed by atoms with van der Waals surface area (Å²) in [6.45, 7) is 6.84. The maximum atomic E-state index is 13.0. The van der Waals surface area contributed by atoms with E-state index in [0.717, 1.165) is 69.9 Å². The molecular weight excluding hydrogens is 395 g/mol. The maximum Gasteiger partial charge on any atom is 0.257 e. The van der Waals surface area contributed by atoms with Crippen molar-refractivity contribution < 1.29 is 13.9 Å². The molecular formula is C24H31FN4O2. The minimum absolute atomic E-state index is 0.0620. The molecule has 1 atom stereocenters. The number of nitrogens with zero attached hydrogens (tertiary/aromatic N) is 4. The SMILES string of the molecule is Cc1nc([C@@H]2CCCN(CCOc3ccc(F)cc3)C2)ncc1C(=O)N1CCCCC1. The van der Waals surface area contributed by atoms with Gasteiger partial charge in [0.1, 0.15) is 24.0 Å². The Labute approximate surface area is 183 Å². The van der Waals surface area contributed by atoms with Crippen LogP contribution >= 0.6 is 0 Å². The Morgan fingerprint density at radius 1 is 1.13 bits per heavy atom. The molecule has 2 aromatic rings. The molecule has 3 heterocycles. The molecule has 6 nitrogen and oxygen atoms in total. The molecule has 4 rings (SSSR count). The summed E-state index contributed by atoms with van der Waals surface area (Å²) >= 11 is 0. The van der Waals surface area contributed by atoms with Gasteiger partial charge in [-0.15, -0.1) is 0 Å². The van der Waals surface area contributed by atoms with Crippen molar-refractivity contribution >= 4 is 5.91 Å². The summed E-state index contributed by atoms with van der Waals surface area (Å²) in [5.74, 6) is 1.58. The lowest BCUT2D eigenvalue weighted by atomic mass is 9.97. The van der Waals surface area contributed by atoms with Gasteiger partial charge in [0.2, 0.25) is 0 Å². The summed E-state index contributed by atoms with van der Waals surface area (Å²) < 4.78 is 18.7. The van der Waals surface area contributed by atoms with Gasteiger partial charge in [0, 0.05) is 38.3 Å². The highest BCUT2D eigenvalue weighted by molar-refractivity contribution is 5.95. The van der Waals surface area contributed by atoms with Crippen LogP contribution < -0.4 is 4.74 Å². The van der Waals surface area contributed by atoms with E-state index in [1.54, 1.807) is 18.3 Å². The van der Waals surface area contributed by atoms with E-state index in [1.165, 1.54) is 18.6 Å². The van der Waals surface area contributed by atoms with E-state index in [2.05, 4.69) is 9.88 Å². The number of likely N-dealkylation sites (tertiary alicyclic amines) is 2. The van der Waals surface area contributed by atoms with Gasteiger partial charge in [-0.2, -0.15) is 0 Å². The molecule has 2 aliphatic heterocycles. The molecule has 2 aliphatic rings. The number of rotatable bonds is 6. The van der Waals surface area contributed by atoms with Crippen LogP contribution in [0.2, 0.25) is 0 Å².